The molecule has 0 atom stereocenters. The number of halogens is 1. The Balaban J connectivity index is 2.61. The van der Waals surface area contributed by atoms with Gasteiger partial charge in [0.2, 0.25) is 0 Å². The molecule has 1 aromatic heterocycles. The van der Waals surface area contributed by atoms with Crippen LogP contribution in [0.15, 0.2) is 4.60 Å². The molecule has 1 heterocycles. The van der Waals surface area contributed by atoms with Crippen molar-refractivity contribution in [2.24, 2.45) is 7.05 Å². The van der Waals surface area contributed by atoms with Gasteiger partial charge in [0.15, 0.2) is 0 Å². The summed E-state index contributed by atoms with van der Waals surface area (Å²) in [6.45, 7) is 0. The van der Waals surface area contributed by atoms with Crippen molar-refractivity contribution >= 4 is 15.9 Å². The molecule has 0 aromatic carbocycles. The first-order valence-corrected chi connectivity index (χ1v) is 4.28. The number of nitrogens with zero attached hydrogens (tertiary/aromatic N) is 2. The summed E-state index contributed by atoms with van der Waals surface area (Å²) >= 11 is 3.44. The molecule has 0 unspecified atom stereocenters. The van der Waals surface area contributed by atoms with Crippen molar-refractivity contribution in [2.45, 2.75) is 19.3 Å². The van der Waals surface area contributed by atoms with E-state index >= 15 is 0 Å². The quantitative estimate of drug-likeness (QED) is 0.624. The third-order valence-corrected chi connectivity index (χ3v) is 2.70. The molecule has 1 aromatic rings. The second-order valence-electron chi connectivity index (χ2n) is 2.69. The van der Waals surface area contributed by atoms with Crippen molar-refractivity contribution in [3.63, 3.8) is 0 Å². The van der Waals surface area contributed by atoms with Crippen molar-refractivity contribution in [1.82, 2.24) is 9.78 Å². The fraction of sp³-hybridized carbons (Fsp3) is 0.571. The third kappa shape index (κ3) is 0.732. The van der Waals surface area contributed by atoms with Gasteiger partial charge in [0.25, 0.3) is 0 Å². The highest BCUT2D eigenvalue weighted by Gasteiger charge is 2.18. The number of aryl methyl sites for hydroxylation is 1. The monoisotopic (exact) mass is 200 g/mol. The summed E-state index contributed by atoms with van der Waals surface area (Å²) in [6.07, 6.45) is 3.69. The van der Waals surface area contributed by atoms with E-state index in [4.69, 9.17) is 0 Å². The molecular formula is C7H9BrN2. The van der Waals surface area contributed by atoms with E-state index in [0.717, 1.165) is 4.60 Å². The molecule has 10 heavy (non-hydrogen) atoms. The highest BCUT2D eigenvalue weighted by Crippen LogP contribution is 2.27. The Labute approximate surface area is 68.4 Å². The summed E-state index contributed by atoms with van der Waals surface area (Å²) in [5.41, 5.74) is 2.83. The van der Waals surface area contributed by atoms with E-state index in [0.29, 0.717) is 0 Å². The summed E-state index contributed by atoms with van der Waals surface area (Å²) in [7, 11) is 2.01. The Bertz CT molecular complexity index is 240. The number of rotatable bonds is 0. The van der Waals surface area contributed by atoms with Crippen molar-refractivity contribution in [1.29, 1.82) is 0 Å². The molecule has 0 spiro atoms. The van der Waals surface area contributed by atoms with Crippen molar-refractivity contribution in [2.75, 3.05) is 0 Å². The minimum atomic E-state index is 1.04. The third-order valence-electron chi connectivity index (χ3n) is 2.07. The molecule has 1 aliphatic carbocycles. The Morgan fingerprint density at radius 1 is 1.50 bits per heavy atom. The van der Waals surface area contributed by atoms with E-state index in [9.17, 15) is 0 Å². The van der Waals surface area contributed by atoms with Crippen molar-refractivity contribution in [3.8, 4) is 0 Å². The van der Waals surface area contributed by atoms with Crippen LogP contribution < -0.4 is 0 Å². The largest absolute Gasteiger partial charge is 0.271 e. The van der Waals surface area contributed by atoms with E-state index in [1.807, 2.05) is 11.7 Å². The first kappa shape index (κ1) is 6.40. The maximum Gasteiger partial charge on any atom is 0.131 e. The summed E-state index contributed by atoms with van der Waals surface area (Å²) < 4.78 is 3.02. The van der Waals surface area contributed by atoms with Gasteiger partial charge in [-0.2, -0.15) is 5.10 Å². The fourth-order valence-corrected chi connectivity index (χ4v) is 2.22. The number of hydrogen-bond acceptors (Lipinski definition) is 1. The smallest absolute Gasteiger partial charge is 0.131 e. The fourth-order valence-electron chi connectivity index (χ4n) is 1.56. The standard InChI is InChI=1S/C7H9BrN2/c1-10-6-4-2-3-5(6)7(8)9-10/h2-4H2,1H3. The number of fused-ring (bicyclic) bond motifs is 1. The normalized spacial score (nSPS) is 15.8. The Hall–Kier alpha value is -0.310. The molecule has 3 heteroatoms. The summed E-state index contributed by atoms with van der Waals surface area (Å²) in [4.78, 5) is 0. The van der Waals surface area contributed by atoms with Gasteiger partial charge in [-0.3, -0.25) is 4.68 Å². The van der Waals surface area contributed by atoms with Gasteiger partial charge < -0.3 is 0 Å². The second-order valence-corrected chi connectivity index (χ2v) is 3.44. The van der Waals surface area contributed by atoms with Gasteiger partial charge >= 0.3 is 0 Å². The number of aromatic nitrogens is 2. The average Bonchev–Trinajstić information content (AvgIpc) is 2.39. The highest BCUT2D eigenvalue weighted by atomic mass is 79.9. The van der Waals surface area contributed by atoms with Gasteiger partial charge in [-0.05, 0) is 35.2 Å². The van der Waals surface area contributed by atoms with Crippen LogP contribution >= 0.6 is 15.9 Å². The molecule has 0 aliphatic heterocycles. The van der Waals surface area contributed by atoms with Crippen molar-refractivity contribution in [3.05, 3.63) is 15.9 Å². The molecule has 2 nitrogen and oxygen atoms in total. The van der Waals surface area contributed by atoms with Gasteiger partial charge in [-0.15, -0.1) is 0 Å². The van der Waals surface area contributed by atoms with Crippen LogP contribution in [0, 0.1) is 0 Å². The molecule has 0 saturated carbocycles. The van der Waals surface area contributed by atoms with Crippen LogP contribution in [-0.4, -0.2) is 9.78 Å². The Morgan fingerprint density at radius 3 is 3.00 bits per heavy atom. The lowest BCUT2D eigenvalue weighted by Gasteiger charge is -1.92. The molecule has 0 radical (unpaired) electrons. The number of hydrogen-bond donors (Lipinski definition) is 0. The molecular weight excluding hydrogens is 192 g/mol. The van der Waals surface area contributed by atoms with Crippen LogP contribution in [0.5, 0.6) is 0 Å². The predicted molar refractivity (Wildman–Crippen MR) is 42.9 cm³/mol. The van der Waals surface area contributed by atoms with Crippen LogP contribution in [0.3, 0.4) is 0 Å². The summed E-state index contributed by atoms with van der Waals surface area (Å²) in [6, 6.07) is 0. The lowest BCUT2D eigenvalue weighted by Crippen LogP contribution is -1.95. The van der Waals surface area contributed by atoms with Gasteiger partial charge in [-0.25, -0.2) is 0 Å². The molecule has 0 saturated heterocycles. The maximum absolute atomic E-state index is 4.27. The molecule has 2 rings (SSSR count). The zero-order chi connectivity index (χ0) is 7.14. The minimum absolute atomic E-state index is 1.04. The van der Waals surface area contributed by atoms with Gasteiger partial charge in [0.05, 0.1) is 0 Å². The van der Waals surface area contributed by atoms with Crippen molar-refractivity contribution < 1.29 is 0 Å². The minimum Gasteiger partial charge on any atom is -0.271 e. The summed E-state index contributed by atoms with van der Waals surface area (Å²) in [5.74, 6) is 0. The van der Waals surface area contributed by atoms with Crippen LogP contribution in [0.25, 0.3) is 0 Å². The lowest BCUT2D eigenvalue weighted by molar-refractivity contribution is 0.700. The van der Waals surface area contributed by atoms with E-state index < -0.39 is 0 Å². The lowest BCUT2D eigenvalue weighted by atomic mass is 10.3. The van der Waals surface area contributed by atoms with E-state index in [-0.39, 0.29) is 0 Å². The van der Waals surface area contributed by atoms with Crippen LogP contribution in [0.4, 0.5) is 0 Å². The predicted octanol–water partition coefficient (Wildman–Crippen LogP) is 1.67. The van der Waals surface area contributed by atoms with Crippen LogP contribution in [0.2, 0.25) is 0 Å². The van der Waals surface area contributed by atoms with Gasteiger partial charge in [0, 0.05) is 18.3 Å². The molecule has 0 amide bonds. The molecule has 0 bridgehead atoms. The maximum atomic E-state index is 4.27. The first-order chi connectivity index (χ1) is 4.79. The van der Waals surface area contributed by atoms with E-state index in [2.05, 4.69) is 21.0 Å². The first-order valence-electron chi connectivity index (χ1n) is 3.49. The van der Waals surface area contributed by atoms with E-state index in [1.54, 1.807) is 0 Å². The summed E-state index contributed by atoms with van der Waals surface area (Å²) in [5, 5.41) is 4.27. The molecule has 54 valence electrons. The van der Waals surface area contributed by atoms with E-state index in [1.165, 1.54) is 30.5 Å². The second kappa shape index (κ2) is 2.09. The van der Waals surface area contributed by atoms with Gasteiger partial charge in [0.1, 0.15) is 4.60 Å². The molecule has 0 fully saturated rings. The molecule has 0 N–H and O–H groups in total. The highest BCUT2D eigenvalue weighted by molar-refractivity contribution is 9.10. The Morgan fingerprint density at radius 2 is 2.30 bits per heavy atom. The average molecular weight is 201 g/mol. The van der Waals surface area contributed by atoms with Crippen LogP contribution in [-0.2, 0) is 19.9 Å². The SMILES string of the molecule is Cn1nc(Br)c2c1CCC2. The molecule has 1 aliphatic rings. The Kier molecular flexibility index (Phi) is 1.34. The zero-order valence-electron chi connectivity index (χ0n) is 5.89. The van der Waals surface area contributed by atoms with Gasteiger partial charge in [-0.1, -0.05) is 0 Å². The zero-order valence-corrected chi connectivity index (χ0v) is 7.48. The van der Waals surface area contributed by atoms with Crippen LogP contribution in [0.1, 0.15) is 17.7 Å². The topological polar surface area (TPSA) is 17.8 Å².